The monoisotopic (exact) mass is 282 g/mol. The van der Waals surface area contributed by atoms with Crippen molar-refractivity contribution in [3.8, 4) is 0 Å². The molecule has 110 valence electrons. The number of rotatable bonds is 6. The minimum absolute atomic E-state index is 0.0403. The topological polar surface area (TPSA) is 78.9 Å². The maximum absolute atomic E-state index is 11.6. The van der Waals surface area contributed by atoms with Crippen molar-refractivity contribution in [1.29, 1.82) is 0 Å². The van der Waals surface area contributed by atoms with Gasteiger partial charge in [0.15, 0.2) is 0 Å². The second kappa shape index (κ2) is 6.88. The Hall–Kier alpha value is -2.11. The van der Waals surface area contributed by atoms with Gasteiger partial charge in [-0.05, 0) is 27.2 Å². The molecule has 1 heterocycles. The molecule has 0 radical (unpaired) electrons. The Kier molecular flexibility index (Phi) is 5.49. The van der Waals surface area contributed by atoms with Gasteiger partial charge in [0.05, 0.1) is 6.61 Å². The predicted molar refractivity (Wildman–Crippen MR) is 69.4 cm³/mol. The lowest BCUT2D eigenvalue weighted by Gasteiger charge is -2.05. The van der Waals surface area contributed by atoms with Crippen LogP contribution in [-0.2, 0) is 28.6 Å². The van der Waals surface area contributed by atoms with E-state index in [2.05, 4.69) is 6.58 Å². The summed E-state index contributed by atoms with van der Waals surface area (Å²) in [7, 11) is 0. The number of cyclic esters (lactones) is 1. The molecular formula is C14H18O6. The van der Waals surface area contributed by atoms with Crippen molar-refractivity contribution in [1.82, 2.24) is 0 Å². The van der Waals surface area contributed by atoms with Crippen LogP contribution in [0, 0.1) is 0 Å². The summed E-state index contributed by atoms with van der Waals surface area (Å²) in [6.45, 7) is 8.45. The van der Waals surface area contributed by atoms with Gasteiger partial charge in [-0.25, -0.2) is 9.59 Å². The van der Waals surface area contributed by atoms with E-state index in [4.69, 9.17) is 14.2 Å². The molecule has 1 unspecified atom stereocenters. The number of hydrogen-bond donors (Lipinski definition) is 0. The summed E-state index contributed by atoms with van der Waals surface area (Å²) in [6.07, 6.45) is -0.0155. The highest BCUT2D eigenvalue weighted by atomic mass is 16.6. The minimum Gasteiger partial charge on any atom is -0.462 e. The Morgan fingerprint density at radius 3 is 2.55 bits per heavy atom. The molecule has 0 bridgehead atoms. The molecule has 20 heavy (non-hydrogen) atoms. The van der Waals surface area contributed by atoms with Crippen LogP contribution in [0.5, 0.6) is 0 Å². The molecule has 0 aromatic rings. The largest absolute Gasteiger partial charge is 0.462 e. The van der Waals surface area contributed by atoms with Gasteiger partial charge in [-0.3, -0.25) is 4.79 Å². The molecule has 1 atom stereocenters. The van der Waals surface area contributed by atoms with Crippen LogP contribution in [0.4, 0.5) is 0 Å². The third-order valence-electron chi connectivity index (χ3n) is 2.76. The van der Waals surface area contributed by atoms with Gasteiger partial charge in [0, 0.05) is 17.6 Å². The van der Waals surface area contributed by atoms with Crippen molar-refractivity contribution >= 4 is 17.9 Å². The van der Waals surface area contributed by atoms with Gasteiger partial charge in [0.25, 0.3) is 0 Å². The molecule has 0 aromatic carbocycles. The van der Waals surface area contributed by atoms with Gasteiger partial charge in [-0.15, -0.1) is 0 Å². The van der Waals surface area contributed by atoms with Crippen molar-refractivity contribution in [3.63, 3.8) is 0 Å². The quantitative estimate of drug-likeness (QED) is 0.319. The fraction of sp³-hybridized carbons (Fsp3) is 0.500. The molecule has 0 amide bonds. The van der Waals surface area contributed by atoms with Crippen molar-refractivity contribution < 1.29 is 28.6 Å². The summed E-state index contributed by atoms with van der Waals surface area (Å²) in [4.78, 5) is 34.0. The van der Waals surface area contributed by atoms with Crippen LogP contribution >= 0.6 is 0 Å². The van der Waals surface area contributed by atoms with E-state index < -0.39 is 17.9 Å². The van der Waals surface area contributed by atoms with E-state index in [1.807, 2.05) is 0 Å². The second-order valence-electron chi connectivity index (χ2n) is 4.55. The van der Waals surface area contributed by atoms with E-state index in [9.17, 15) is 14.4 Å². The Bertz CT molecular complexity index is 474. The zero-order valence-electron chi connectivity index (χ0n) is 11.9. The third-order valence-corrected chi connectivity index (χ3v) is 2.76. The van der Waals surface area contributed by atoms with E-state index in [0.29, 0.717) is 17.6 Å². The lowest BCUT2D eigenvalue weighted by atomic mass is 10.2. The third kappa shape index (κ3) is 4.22. The number of carbonyl (C=O) groups is 3. The summed E-state index contributed by atoms with van der Waals surface area (Å²) >= 11 is 0. The van der Waals surface area contributed by atoms with Crippen LogP contribution in [0.25, 0.3) is 0 Å². The number of carbonyl (C=O) groups excluding carboxylic acids is 3. The molecule has 0 aromatic heterocycles. The summed E-state index contributed by atoms with van der Waals surface area (Å²) in [5, 5.41) is 0. The smallest absolute Gasteiger partial charge is 0.375 e. The average molecular weight is 282 g/mol. The second-order valence-corrected chi connectivity index (χ2v) is 4.55. The number of esters is 3. The zero-order valence-corrected chi connectivity index (χ0v) is 11.9. The summed E-state index contributed by atoms with van der Waals surface area (Å²) in [5.41, 5.74) is 0.896. The molecule has 0 spiro atoms. The predicted octanol–water partition coefficient (Wildman–Crippen LogP) is 1.65. The number of hydrogen-bond acceptors (Lipinski definition) is 6. The van der Waals surface area contributed by atoms with Gasteiger partial charge in [0.1, 0.15) is 6.10 Å². The molecule has 0 saturated heterocycles. The fourth-order valence-electron chi connectivity index (χ4n) is 1.44. The van der Waals surface area contributed by atoms with E-state index in [1.54, 1.807) is 20.8 Å². The van der Waals surface area contributed by atoms with Crippen LogP contribution in [0.3, 0.4) is 0 Å². The first-order valence-corrected chi connectivity index (χ1v) is 6.28. The lowest BCUT2D eigenvalue weighted by Crippen LogP contribution is -2.12. The first-order valence-electron chi connectivity index (χ1n) is 6.28. The van der Waals surface area contributed by atoms with Gasteiger partial charge in [-0.2, -0.15) is 0 Å². The van der Waals surface area contributed by atoms with Crippen LogP contribution in [0.15, 0.2) is 23.5 Å². The van der Waals surface area contributed by atoms with Crippen molar-refractivity contribution in [2.45, 2.75) is 39.7 Å². The maximum atomic E-state index is 11.6. The number of ether oxygens (including phenoxy) is 3. The highest BCUT2D eigenvalue weighted by molar-refractivity contribution is 5.92. The van der Waals surface area contributed by atoms with Crippen molar-refractivity contribution in [3.05, 3.63) is 23.5 Å². The first kappa shape index (κ1) is 15.9. The molecule has 1 rings (SSSR count). The highest BCUT2D eigenvalue weighted by Crippen LogP contribution is 2.23. The zero-order chi connectivity index (χ0) is 15.3. The molecule has 1 aliphatic heterocycles. The molecule has 0 N–H and O–H groups in total. The summed E-state index contributed by atoms with van der Waals surface area (Å²) in [6, 6.07) is 0. The van der Waals surface area contributed by atoms with Crippen LogP contribution in [0.2, 0.25) is 0 Å². The normalized spacial score (nSPS) is 17.8. The van der Waals surface area contributed by atoms with E-state index >= 15 is 0 Å². The fourth-order valence-corrected chi connectivity index (χ4v) is 1.44. The van der Waals surface area contributed by atoms with Crippen LogP contribution < -0.4 is 0 Å². The molecule has 6 nitrogen and oxygen atoms in total. The standard InChI is InChI=1S/C14H18O6/c1-8(2)13(16)18-7-5-6-11(15)20-12-9(3)10(4)19-14(12)17/h10H,1,5-7H2,2-4H3. The van der Waals surface area contributed by atoms with Gasteiger partial charge in [0.2, 0.25) is 5.76 Å². The Balaban J connectivity index is 2.33. The SMILES string of the molecule is C=C(C)C(=O)OCCCC(=O)OC1=C(C)C(C)OC1=O. The first-order chi connectivity index (χ1) is 9.32. The molecule has 6 heteroatoms. The lowest BCUT2D eigenvalue weighted by molar-refractivity contribution is -0.150. The van der Waals surface area contributed by atoms with E-state index in [-0.39, 0.29) is 24.9 Å². The highest BCUT2D eigenvalue weighted by Gasteiger charge is 2.31. The molecule has 0 saturated carbocycles. The van der Waals surface area contributed by atoms with Crippen molar-refractivity contribution in [2.75, 3.05) is 6.61 Å². The van der Waals surface area contributed by atoms with E-state index in [0.717, 1.165) is 0 Å². The molecule has 0 aliphatic carbocycles. The average Bonchev–Trinajstić information content (AvgIpc) is 2.61. The van der Waals surface area contributed by atoms with Crippen LogP contribution in [0.1, 0.15) is 33.6 Å². The Labute approximate surface area is 117 Å². The maximum Gasteiger partial charge on any atom is 0.375 e. The molecule has 1 aliphatic rings. The Morgan fingerprint density at radius 1 is 1.40 bits per heavy atom. The Morgan fingerprint density at radius 2 is 2.05 bits per heavy atom. The van der Waals surface area contributed by atoms with Crippen molar-refractivity contribution in [2.24, 2.45) is 0 Å². The van der Waals surface area contributed by atoms with Gasteiger partial charge < -0.3 is 14.2 Å². The van der Waals surface area contributed by atoms with Crippen LogP contribution in [-0.4, -0.2) is 30.6 Å². The molecular weight excluding hydrogens is 264 g/mol. The van der Waals surface area contributed by atoms with Gasteiger partial charge >= 0.3 is 17.9 Å². The van der Waals surface area contributed by atoms with Gasteiger partial charge in [-0.1, -0.05) is 6.58 Å². The summed E-state index contributed by atoms with van der Waals surface area (Å²) in [5.74, 6) is -1.72. The minimum atomic E-state index is -0.628. The van der Waals surface area contributed by atoms with E-state index in [1.165, 1.54) is 0 Å². The summed E-state index contributed by atoms with van der Waals surface area (Å²) < 4.78 is 14.7. The molecule has 0 fully saturated rings.